The van der Waals surface area contributed by atoms with Crippen molar-refractivity contribution in [3.8, 4) is 5.75 Å². The maximum atomic E-state index is 6.12. The van der Waals surface area contributed by atoms with Crippen LogP contribution in [0.1, 0.15) is 46.0 Å². The maximum absolute atomic E-state index is 6.12. The average Bonchev–Trinajstić information content (AvgIpc) is 2.48. The zero-order chi connectivity index (χ0) is 15.2. The van der Waals surface area contributed by atoms with E-state index in [1.165, 1.54) is 32.1 Å². The highest BCUT2D eigenvalue weighted by Gasteiger charge is 2.31. The van der Waals surface area contributed by atoms with Crippen LogP contribution in [0.3, 0.4) is 0 Å². The molecule has 0 aliphatic heterocycles. The number of nitrogens with one attached hydrogen (secondary N) is 1. The molecule has 1 aliphatic carbocycles. The van der Waals surface area contributed by atoms with E-state index in [1.54, 1.807) is 0 Å². The van der Waals surface area contributed by atoms with Gasteiger partial charge in [0.15, 0.2) is 0 Å². The SMILES string of the molecule is CCC1CCCC(C(NC)C(C)Oc2cccc(Cl)c2)C1. The molecule has 0 aromatic heterocycles. The van der Waals surface area contributed by atoms with Crippen molar-refractivity contribution in [2.45, 2.75) is 58.1 Å². The second-order valence-corrected chi connectivity index (χ2v) is 6.73. The summed E-state index contributed by atoms with van der Waals surface area (Å²) in [6.45, 7) is 4.48. The first-order chi connectivity index (χ1) is 10.1. The van der Waals surface area contributed by atoms with E-state index in [-0.39, 0.29) is 6.10 Å². The van der Waals surface area contributed by atoms with E-state index >= 15 is 0 Å². The summed E-state index contributed by atoms with van der Waals surface area (Å²) >= 11 is 6.03. The van der Waals surface area contributed by atoms with E-state index in [0.717, 1.165) is 16.7 Å². The van der Waals surface area contributed by atoms with Gasteiger partial charge in [-0.1, -0.05) is 43.9 Å². The van der Waals surface area contributed by atoms with Crippen LogP contribution in [0.25, 0.3) is 0 Å². The lowest BCUT2D eigenvalue weighted by molar-refractivity contribution is 0.107. The molecule has 1 saturated carbocycles. The summed E-state index contributed by atoms with van der Waals surface area (Å²) < 4.78 is 6.12. The first kappa shape index (κ1) is 16.6. The second-order valence-electron chi connectivity index (χ2n) is 6.30. The lowest BCUT2D eigenvalue weighted by Crippen LogP contribution is -2.46. The van der Waals surface area contributed by atoms with E-state index in [0.29, 0.717) is 12.0 Å². The van der Waals surface area contributed by atoms with Crippen LogP contribution in [-0.4, -0.2) is 19.2 Å². The smallest absolute Gasteiger partial charge is 0.121 e. The number of halogens is 1. The molecule has 0 amide bonds. The summed E-state index contributed by atoms with van der Waals surface area (Å²) in [4.78, 5) is 0. The van der Waals surface area contributed by atoms with Gasteiger partial charge in [-0.3, -0.25) is 0 Å². The number of hydrogen-bond donors (Lipinski definition) is 1. The quantitative estimate of drug-likeness (QED) is 0.806. The van der Waals surface area contributed by atoms with Crippen LogP contribution in [0.4, 0.5) is 0 Å². The molecule has 0 saturated heterocycles. The Balaban J connectivity index is 1.99. The van der Waals surface area contributed by atoms with Crippen molar-refractivity contribution in [3.63, 3.8) is 0 Å². The molecule has 118 valence electrons. The summed E-state index contributed by atoms with van der Waals surface area (Å²) in [7, 11) is 2.05. The predicted molar refractivity (Wildman–Crippen MR) is 90.1 cm³/mol. The van der Waals surface area contributed by atoms with E-state index in [2.05, 4.69) is 26.2 Å². The van der Waals surface area contributed by atoms with Crippen LogP contribution >= 0.6 is 11.6 Å². The molecule has 0 bridgehead atoms. The van der Waals surface area contributed by atoms with Crippen molar-refractivity contribution in [2.75, 3.05) is 7.05 Å². The van der Waals surface area contributed by atoms with E-state index in [1.807, 2.05) is 24.3 Å². The summed E-state index contributed by atoms with van der Waals surface area (Å²) in [6.07, 6.45) is 6.83. The van der Waals surface area contributed by atoms with E-state index < -0.39 is 0 Å². The number of likely N-dealkylation sites (N-methyl/N-ethyl adjacent to an activating group) is 1. The first-order valence-corrected chi connectivity index (χ1v) is 8.61. The first-order valence-electron chi connectivity index (χ1n) is 8.23. The van der Waals surface area contributed by atoms with Crippen LogP contribution in [0.5, 0.6) is 5.75 Å². The van der Waals surface area contributed by atoms with Crippen LogP contribution in [0.2, 0.25) is 5.02 Å². The molecule has 21 heavy (non-hydrogen) atoms. The number of benzene rings is 1. The van der Waals surface area contributed by atoms with Crippen LogP contribution < -0.4 is 10.1 Å². The molecule has 0 heterocycles. The van der Waals surface area contributed by atoms with Gasteiger partial charge in [0.1, 0.15) is 11.9 Å². The molecule has 3 heteroatoms. The van der Waals surface area contributed by atoms with Crippen molar-refractivity contribution < 1.29 is 4.74 Å². The molecular weight excluding hydrogens is 282 g/mol. The van der Waals surface area contributed by atoms with Gasteiger partial charge in [-0.25, -0.2) is 0 Å². The Morgan fingerprint density at radius 2 is 2.19 bits per heavy atom. The van der Waals surface area contributed by atoms with Crippen LogP contribution in [-0.2, 0) is 0 Å². The van der Waals surface area contributed by atoms with Gasteiger partial charge in [-0.2, -0.15) is 0 Å². The molecule has 1 N–H and O–H groups in total. The van der Waals surface area contributed by atoms with E-state index in [9.17, 15) is 0 Å². The second kappa shape index (κ2) is 8.05. The van der Waals surface area contributed by atoms with Gasteiger partial charge in [-0.15, -0.1) is 0 Å². The Hall–Kier alpha value is -0.730. The standard InChI is InChI=1S/C18H28ClNO/c1-4-14-7-5-8-15(11-14)18(20-3)13(2)21-17-10-6-9-16(19)12-17/h6,9-10,12-15,18,20H,4-5,7-8,11H2,1-3H3. The molecule has 1 aliphatic rings. The highest BCUT2D eigenvalue weighted by molar-refractivity contribution is 6.30. The molecule has 1 aromatic rings. The third-order valence-electron chi connectivity index (χ3n) is 4.87. The van der Waals surface area contributed by atoms with Crippen molar-refractivity contribution >= 4 is 11.6 Å². The summed E-state index contributed by atoms with van der Waals surface area (Å²) in [5, 5.41) is 4.22. The highest BCUT2D eigenvalue weighted by Crippen LogP contribution is 2.34. The molecule has 4 unspecified atom stereocenters. The fourth-order valence-electron chi connectivity index (χ4n) is 3.71. The highest BCUT2D eigenvalue weighted by atomic mass is 35.5. The van der Waals surface area contributed by atoms with Gasteiger partial charge in [0.05, 0.1) is 0 Å². The number of rotatable bonds is 6. The minimum absolute atomic E-state index is 0.147. The van der Waals surface area contributed by atoms with Crippen molar-refractivity contribution in [1.82, 2.24) is 5.32 Å². The summed E-state index contributed by atoms with van der Waals surface area (Å²) in [5.74, 6) is 2.46. The minimum Gasteiger partial charge on any atom is -0.489 e. The molecule has 0 radical (unpaired) electrons. The summed E-state index contributed by atoms with van der Waals surface area (Å²) in [6, 6.07) is 8.08. The molecule has 0 spiro atoms. The Morgan fingerprint density at radius 3 is 2.86 bits per heavy atom. The van der Waals surface area contributed by atoms with E-state index in [4.69, 9.17) is 16.3 Å². The fourth-order valence-corrected chi connectivity index (χ4v) is 3.89. The van der Waals surface area contributed by atoms with Gasteiger partial charge in [-0.05, 0) is 56.8 Å². The zero-order valence-electron chi connectivity index (χ0n) is 13.4. The molecule has 1 fully saturated rings. The molecular formula is C18H28ClNO. The maximum Gasteiger partial charge on any atom is 0.121 e. The van der Waals surface area contributed by atoms with Crippen LogP contribution in [0, 0.1) is 11.8 Å². The fraction of sp³-hybridized carbons (Fsp3) is 0.667. The normalized spacial score (nSPS) is 25.3. The van der Waals surface area contributed by atoms with Gasteiger partial charge in [0, 0.05) is 11.1 Å². The lowest BCUT2D eigenvalue weighted by Gasteiger charge is -2.37. The largest absolute Gasteiger partial charge is 0.489 e. The summed E-state index contributed by atoms with van der Waals surface area (Å²) in [5.41, 5.74) is 0. The van der Waals surface area contributed by atoms with Crippen molar-refractivity contribution in [3.05, 3.63) is 29.3 Å². The molecule has 2 rings (SSSR count). The molecule has 4 atom stereocenters. The Bertz CT molecular complexity index is 437. The van der Waals surface area contributed by atoms with Crippen molar-refractivity contribution in [1.29, 1.82) is 0 Å². The van der Waals surface area contributed by atoms with Gasteiger partial charge < -0.3 is 10.1 Å². The third kappa shape index (κ3) is 4.62. The lowest BCUT2D eigenvalue weighted by atomic mass is 9.75. The van der Waals surface area contributed by atoms with Gasteiger partial charge in [0.25, 0.3) is 0 Å². The topological polar surface area (TPSA) is 21.3 Å². The predicted octanol–water partition coefficient (Wildman–Crippen LogP) is 4.91. The van der Waals surface area contributed by atoms with Gasteiger partial charge >= 0.3 is 0 Å². The third-order valence-corrected chi connectivity index (χ3v) is 5.10. The Morgan fingerprint density at radius 1 is 1.38 bits per heavy atom. The Kier molecular flexibility index (Phi) is 6.38. The van der Waals surface area contributed by atoms with Gasteiger partial charge in [0.2, 0.25) is 0 Å². The van der Waals surface area contributed by atoms with Crippen LogP contribution in [0.15, 0.2) is 24.3 Å². The molecule has 2 nitrogen and oxygen atoms in total. The Labute approximate surface area is 134 Å². The average molecular weight is 310 g/mol. The minimum atomic E-state index is 0.147. The zero-order valence-corrected chi connectivity index (χ0v) is 14.2. The number of ether oxygens (including phenoxy) is 1. The monoisotopic (exact) mass is 309 g/mol. The van der Waals surface area contributed by atoms with Crippen molar-refractivity contribution in [2.24, 2.45) is 11.8 Å². The number of hydrogen-bond acceptors (Lipinski definition) is 2. The molecule has 1 aromatic carbocycles.